The molecule has 2 amide bonds. The molecule has 232 valence electrons. The molecule has 1 fully saturated rings. The fraction of sp³-hybridized carbons (Fsp3) is 0.533. The first-order valence-electron chi connectivity index (χ1n) is 14.8. The first-order chi connectivity index (χ1) is 20.8. The maximum Gasteiger partial charge on any atom is 0.323 e. The molecule has 0 saturated carbocycles. The fourth-order valence-electron chi connectivity index (χ4n) is 6.00. The number of pyridine rings is 1. The third-order valence-electron chi connectivity index (χ3n) is 8.33. The molecule has 3 N–H and O–H groups in total. The molecule has 4 heterocycles. The lowest BCUT2D eigenvalue weighted by Gasteiger charge is -2.35. The normalized spacial score (nSPS) is 18.8. The van der Waals surface area contributed by atoms with Crippen molar-refractivity contribution >= 4 is 28.5 Å². The summed E-state index contributed by atoms with van der Waals surface area (Å²) < 4.78 is 17.1. The zero-order chi connectivity index (χ0) is 30.5. The van der Waals surface area contributed by atoms with E-state index < -0.39 is 5.69 Å². The highest BCUT2D eigenvalue weighted by molar-refractivity contribution is 5.93. The van der Waals surface area contributed by atoms with Crippen molar-refractivity contribution in [2.45, 2.75) is 32.7 Å². The summed E-state index contributed by atoms with van der Waals surface area (Å²) in [6, 6.07) is 4.00. The number of anilines is 1. The third-order valence-corrected chi connectivity index (χ3v) is 8.33. The van der Waals surface area contributed by atoms with Crippen molar-refractivity contribution in [2.24, 2.45) is 5.92 Å². The van der Waals surface area contributed by atoms with Crippen molar-refractivity contribution in [2.75, 3.05) is 72.0 Å². The number of benzene rings is 1. The van der Waals surface area contributed by atoms with Crippen LogP contribution in [0.3, 0.4) is 0 Å². The van der Waals surface area contributed by atoms with Crippen molar-refractivity contribution in [1.82, 2.24) is 30.1 Å². The summed E-state index contributed by atoms with van der Waals surface area (Å²) in [5.74, 6) is 2.34. The highest BCUT2D eigenvalue weighted by Gasteiger charge is 2.27. The Kier molecular flexibility index (Phi) is 9.39. The molecule has 13 heteroatoms. The highest BCUT2D eigenvalue weighted by Crippen LogP contribution is 2.44. The van der Waals surface area contributed by atoms with E-state index in [1.54, 1.807) is 26.2 Å². The molecule has 1 unspecified atom stereocenters. The Morgan fingerprint density at radius 2 is 1.86 bits per heavy atom. The Labute approximate surface area is 250 Å². The molecule has 2 aliphatic heterocycles. The Hall–Kier alpha value is -4.26. The number of imidazole rings is 1. The van der Waals surface area contributed by atoms with E-state index in [-0.39, 0.29) is 36.4 Å². The quantitative estimate of drug-likeness (QED) is 0.403. The van der Waals surface area contributed by atoms with Crippen molar-refractivity contribution < 1.29 is 23.8 Å². The summed E-state index contributed by atoms with van der Waals surface area (Å²) in [6.45, 7) is 6.77. The van der Waals surface area contributed by atoms with Crippen LogP contribution in [0.2, 0.25) is 0 Å². The number of carbonyl (C=O) groups excluding carboxylic acids is 2. The average Bonchev–Trinajstić information content (AvgIpc) is 3.47. The first-order valence-corrected chi connectivity index (χ1v) is 14.8. The molecule has 13 nitrogen and oxygen atoms in total. The van der Waals surface area contributed by atoms with E-state index in [0.717, 1.165) is 54.8 Å². The molecule has 3 aromatic rings. The standard InChI is InChI=1S/C30H41N7O6/c1-5-35-11-12-36(29(39)23-16-32-30(40)34-23)10-8-25(38)31-15-19-7-6-9-37(17-19)28-20(18-35)13-21-22(33-28)14-24(41-2)27(43-4)26(21)42-3/h13-14,16,19H,5-12,15,17-18H2,1-4H3,(H,31,38)(H2,32,34,40). The van der Waals surface area contributed by atoms with Gasteiger partial charge in [0.15, 0.2) is 11.5 Å². The van der Waals surface area contributed by atoms with Gasteiger partial charge in [-0.15, -0.1) is 0 Å². The van der Waals surface area contributed by atoms with E-state index in [9.17, 15) is 14.4 Å². The molecule has 2 aromatic heterocycles. The molecular formula is C30H41N7O6. The second-order valence-corrected chi connectivity index (χ2v) is 11.0. The van der Waals surface area contributed by atoms with Gasteiger partial charge >= 0.3 is 5.69 Å². The number of amides is 2. The summed E-state index contributed by atoms with van der Waals surface area (Å²) in [6.07, 6.45) is 3.55. The van der Waals surface area contributed by atoms with Gasteiger partial charge in [0.05, 0.1) is 26.8 Å². The lowest BCUT2D eigenvalue weighted by atomic mass is 9.97. The topological polar surface area (TPSA) is 145 Å². The van der Waals surface area contributed by atoms with E-state index in [1.807, 2.05) is 6.07 Å². The molecular weight excluding hydrogens is 554 g/mol. The molecule has 0 radical (unpaired) electrons. The van der Waals surface area contributed by atoms with Gasteiger partial charge in [0.25, 0.3) is 5.91 Å². The number of hydrogen-bond donors (Lipinski definition) is 3. The zero-order valence-corrected chi connectivity index (χ0v) is 25.3. The minimum absolute atomic E-state index is 0.0997. The second-order valence-electron chi connectivity index (χ2n) is 11.0. The van der Waals surface area contributed by atoms with Crippen molar-refractivity contribution in [1.29, 1.82) is 0 Å². The van der Waals surface area contributed by atoms with Crippen LogP contribution in [-0.2, 0) is 11.3 Å². The van der Waals surface area contributed by atoms with Crippen LogP contribution in [0, 0.1) is 5.92 Å². The Balaban J connectivity index is 1.56. The summed E-state index contributed by atoms with van der Waals surface area (Å²) >= 11 is 0. The summed E-state index contributed by atoms with van der Waals surface area (Å²) in [5, 5.41) is 3.90. The predicted molar refractivity (Wildman–Crippen MR) is 162 cm³/mol. The molecule has 2 bridgehead atoms. The zero-order valence-electron chi connectivity index (χ0n) is 25.3. The molecule has 0 spiro atoms. The van der Waals surface area contributed by atoms with Gasteiger partial charge in [-0.1, -0.05) is 6.92 Å². The monoisotopic (exact) mass is 595 g/mol. The number of piperidine rings is 1. The molecule has 5 rings (SSSR count). The second kappa shape index (κ2) is 13.4. The van der Waals surface area contributed by atoms with E-state index in [4.69, 9.17) is 19.2 Å². The minimum Gasteiger partial charge on any atom is -0.493 e. The minimum atomic E-state index is -0.447. The van der Waals surface area contributed by atoms with Gasteiger partial charge in [-0.05, 0) is 31.4 Å². The Bertz CT molecular complexity index is 1520. The number of methoxy groups -OCH3 is 3. The van der Waals surface area contributed by atoms with Gasteiger partial charge in [0.2, 0.25) is 11.7 Å². The lowest BCUT2D eigenvalue weighted by Crippen LogP contribution is -2.42. The number of fused-ring (bicyclic) bond motifs is 5. The number of aromatic nitrogens is 3. The van der Waals surface area contributed by atoms with Gasteiger partial charge in [-0.25, -0.2) is 9.78 Å². The summed E-state index contributed by atoms with van der Waals surface area (Å²) in [7, 11) is 4.79. The van der Waals surface area contributed by atoms with Crippen LogP contribution in [0.15, 0.2) is 23.1 Å². The van der Waals surface area contributed by atoms with Crippen molar-refractivity contribution in [3.63, 3.8) is 0 Å². The largest absolute Gasteiger partial charge is 0.493 e. The molecule has 1 saturated heterocycles. The predicted octanol–water partition coefficient (Wildman–Crippen LogP) is 1.98. The number of rotatable bonds is 5. The SMILES string of the molecule is CCN1CCN(C(=O)c2c[nH]c(=O)[nH]2)CCC(=O)NCC2CCCN(C2)c2nc3cc(OC)c(OC)c(OC)c3cc2C1. The smallest absolute Gasteiger partial charge is 0.323 e. The third kappa shape index (κ3) is 6.56. The number of H-pyrrole nitrogens is 2. The number of nitrogens with one attached hydrogen (secondary N) is 3. The number of carbonyl (C=O) groups is 2. The number of aromatic amines is 2. The van der Waals surface area contributed by atoms with E-state index >= 15 is 0 Å². The van der Waals surface area contributed by atoms with Crippen LogP contribution in [-0.4, -0.2) is 104 Å². The van der Waals surface area contributed by atoms with Crippen LogP contribution in [0.25, 0.3) is 10.9 Å². The van der Waals surface area contributed by atoms with Gasteiger partial charge in [-0.3, -0.25) is 14.5 Å². The van der Waals surface area contributed by atoms with Crippen LogP contribution < -0.4 is 30.1 Å². The molecule has 1 aromatic carbocycles. The van der Waals surface area contributed by atoms with Crippen LogP contribution in [0.5, 0.6) is 17.2 Å². The number of ether oxygens (including phenoxy) is 3. The maximum absolute atomic E-state index is 13.3. The van der Waals surface area contributed by atoms with Crippen molar-refractivity contribution in [3.8, 4) is 17.2 Å². The molecule has 43 heavy (non-hydrogen) atoms. The van der Waals surface area contributed by atoms with Gasteiger partial charge < -0.3 is 39.3 Å². The van der Waals surface area contributed by atoms with Crippen LogP contribution >= 0.6 is 0 Å². The van der Waals surface area contributed by atoms with E-state index in [1.165, 1.54) is 6.20 Å². The number of hydrogen-bond acceptors (Lipinski definition) is 9. The summed E-state index contributed by atoms with van der Waals surface area (Å²) in [5.41, 5.74) is 1.50. The number of nitrogens with zero attached hydrogens (tertiary/aromatic N) is 4. The van der Waals surface area contributed by atoms with E-state index in [0.29, 0.717) is 43.4 Å². The molecule has 2 aliphatic rings. The maximum atomic E-state index is 13.3. The van der Waals surface area contributed by atoms with Crippen LogP contribution in [0.1, 0.15) is 42.2 Å². The van der Waals surface area contributed by atoms with Gasteiger partial charge in [0, 0.05) is 75.4 Å². The van der Waals surface area contributed by atoms with Crippen molar-refractivity contribution in [3.05, 3.63) is 40.1 Å². The summed E-state index contributed by atoms with van der Waals surface area (Å²) in [4.78, 5) is 54.3. The Morgan fingerprint density at radius 1 is 1.05 bits per heavy atom. The van der Waals surface area contributed by atoms with Gasteiger partial charge in [0.1, 0.15) is 11.5 Å². The lowest BCUT2D eigenvalue weighted by molar-refractivity contribution is -0.121. The van der Waals surface area contributed by atoms with Crippen LogP contribution in [0.4, 0.5) is 5.82 Å². The highest BCUT2D eigenvalue weighted by atomic mass is 16.5. The fourth-order valence-corrected chi connectivity index (χ4v) is 6.00. The Morgan fingerprint density at radius 3 is 2.56 bits per heavy atom. The van der Waals surface area contributed by atoms with Gasteiger partial charge in [-0.2, -0.15) is 0 Å². The first kappa shape index (κ1) is 30.2. The number of likely N-dealkylation sites (N-methyl/N-ethyl adjacent to an activating group) is 1. The average molecular weight is 596 g/mol. The molecule has 1 atom stereocenters. The molecule has 0 aliphatic carbocycles. The van der Waals surface area contributed by atoms with E-state index in [2.05, 4.69) is 38.1 Å².